The van der Waals surface area contributed by atoms with Crippen LogP contribution in [0.2, 0.25) is 0 Å². The SMILES string of the molecule is CCNc1ccnc(-c2cccc(OC)c2OC)n1. The van der Waals surface area contributed by atoms with E-state index in [2.05, 4.69) is 15.3 Å². The molecule has 0 aliphatic rings. The van der Waals surface area contributed by atoms with E-state index in [1.807, 2.05) is 31.2 Å². The summed E-state index contributed by atoms with van der Waals surface area (Å²) in [5.74, 6) is 2.70. The molecule has 100 valence electrons. The summed E-state index contributed by atoms with van der Waals surface area (Å²) in [4.78, 5) is 8.75. The normalized spacial score (nSPS) is 10.1. The van der Waals surface area contributed by atoms with Crippen LogP contribution in [-0.4, -0.2) is 30.7 Å². The van der Waals surface area contributed by atoms with Gasteiger partial charge in [-0.3, -0.25) is 0 Å². The van der Waals surface area contributed by atoms with Crippen molar-refractivity contribution in [3.05, 3.63) is 30.5 Å². The highest BCUT2D eigenvalue weighted by atomic mass is 16.5. The molecule has 0 aliphatic heterocycles. The van der Waals surface area contributed by atoms with Crippen molar-refractivity contribution in [2.75, 3.05) is 26.1 Å². The number of rotatable bonds is 5. The second kappa shape index (κ2) is 6.04. The summed E-state index contributed by atoms with van der Waals surface area (Å²) >= 11 is 0. The van der Waals surface area contributed by atoms with Crippen LogP contribution >= 0.6 is 0 Å². The van der Waals surface area contributed by atoms with E-state index in [4.69, 9.17) is 9.47 Å². The van der Waals surface area contributed by atoms with Crippen LogP contribution in [0.25, 0.3) is 11.4 Å². The number of anilines is 1. The van der Waals surface area contributed by atoms with E-state index >= 15 is 0 Å². The van der Waals surface area contributed by atoms with Crippen LogP contribution in [0.4, 0.5) is 5.82 Å². The number of para-hydroxylation sites is 1. The first kappa shape index (κ1) is 13.1. The quantitative estimate of drug-likeness (QED) is 0.894. The van der Waals surface area contributed by atoms with E-state index in [9.17, 15) is 0 Å². The summed E-state index contributed by atoms with van der Waals surface area (Å²) in [5.41, 5.74) is 0.807. The molecule has 5 heteroatoms. The van der Waals surface area contributed by atoms with Crippen molar-refractivity contribution in [2.24, 2.45) is 0 Å². The van der Waals surface area contributed by atoms with Crippen LogP contribution in [0.1, 0.15) is 6.92 Å². The van der Waals surface area contributed by atoms with E-state index in [1.54, 1.807) is 20.4 Å². The molecule has 19 heavy (non-hydrogen) atoms. The maximum Gasteiger partial charge on any atom is 0.171 e. The standard InChI is InChI=1S/C14H17N3O2/c1-4-15-12-8-9-16-14(17-12)10-6-5-7-11(18-2)13(10)19-3/h5-9H,4H2,1-3H3,(H,15,16,17). The molecule has 0 saturated heterocycles. The second-order valence-corrected chi connectivity index (χ2v) is 3.84. The van der Waals surface area contributed by atoms with Gasteiger partial charge in [-0.1, -0.05) is 6.07 Å². The van der Waals surface area contributed by atoms with E-state index in [0.29, 0.717) is 17.3 Å². The summed E-state index contributed by atoms with van der Waals surface area (Å²) in [7, 11) is 3.22. The molecule has 0 unspecified atom stereocenters. The van der Waals surface area contributed by atoms with Crippen molar-refractivity contribution in [3.8, 4) is 22.9 Å². The zero-order valence-corrected chi connectivity index (χ0v) is 11.3. The van der Waals surface area contributed by atoms with E-state index in [0.717, 1.165) is 17.9 Å². The second-order valence-electron chi connectivity index (χ2n) is 3.84. The first-order chi connectivity index (χ1) is 9.30. The van der Waals surface area contributed by atoms with Gasteiger partial charge in [0, 0.05) is 12.7 Å². The monoisotopic (exact) mass is 259 g/mol. The Bertz CT molecular complexity index is 558. The first-order valence-electron chi connectivity index (χ1n) is 6.08. The molecule has 0 atom stereocenters. The van der Waals surface area contributed by atoms with E-state index in [-0.39, 0.29) is 0 Å². The van der Waals surface area contributed by atoms with Gasteiger partial charge in [0.05, 0.1) is 19.8 Å². The third-order valence-electron chi connectivity index (χ3n) is 2.66. The Morgan fingerprint density at radius 3 is 2.68 bits per heavy atom. The Morgan fingerprint density at radius 1 is 1.16 bits per heavy atom. The number of aromatic nitrogens is 2. The number of hydrogen-bond donors (Lipinski definition) is 1. The third kappa shape index (κ3) is 2.76. The molecule has 1 aromatic carbocycles. The Balaban J connectivity index is 2.49. The molecule has 1 N–H and O–H groups in total. The highest BCUT2D eigenvalue weighted by Gasteiger charge is 2.13. The van der Waals surface area contributed by atoms with Gasteiger partial charge in [0.25, 0.3) is 0 Å². The smallest absolute Gasteiger partial charge is 0.171 e. The van der Waals surface area contributed by atoms with Gasteiger partial charge in [-0.2, -0.15) is 0 Å². The average molecular weight is 259 g/mol. The number of hydrogen-bond acceptors (Lipinski definition) is 5. The summed E-state index contributed by atoms with van der Waals surface area (Å²) in [5, 5.41) is 3.16. The third-order valence-corrected chi connectivity index (χ3v) is 2.66. The predicted octanol–water partition coefficient (Wildman–Crippen LogP) is 2.59. The van der Waals surface area contributed by atoms with E-state index in [1.165, 1.54) is 0 Å². The highest BCUT2D eigenvalue weighted by molar-refractivity contribution is 5.69. The highest BCUT2D eigenvalue weighted by Crippen LogP contribution is 2.36. The van der Waals surface area contributed by atoms with Crippen LogP contribution in [-0.2, 0) is 0 Å². The van der Waals surface area contributed by atoms with Crippen molar-refractivity contribution in [3.63, 3.8) is 0 Å². The largest absolute Gasteiger partial charge is 0.493 e. The lowest BCUT2D eigenvalue weighted by Crippen LogP contribution is -2.01. The number of benzene rings is 1. The van der Waals surface area contributed by atoms with Gasteiger partial charge < -0.3 is 14.8 Å². The molecular formula is C14H17N3O2. The van der Waals surface area contributed by atoms with Crippen LogP contribution in [0.3, 0.4) is 0 Å². The minimum absolute atomic E-state index is 0.606. The fourth-order valence-corrected chi connectivity index (χ4v) is 1.83. The van der Waals surface area contributed by atoms with Crippen LogP contribution in [0.5, 0.6) is 11.5 Å². The topological polar surface area (TPSA) is 56.3 Å². The molecule has 5 nitrogen and oxygen atoms in total. The van der Waals surface area contributed by atoms with Crippen LogP contribution in [0.15, 0.2) is 30.5 Å². The van der Waals surface area contributed by atoms with Crippen molar-refractivity contribution >= 4 is 5.82 Å². The Kier molecular flexibility index (Phi) is 4.18. The number of nitrogens with one attached hydrogen (secondary N) is 1. The Morgan fingerprint density at radius 2 is 2.00 bits per heavy atom. The lowest BCUT2D eigenvalue weighted by Gasteiger charge is -2.12. The first-order valence-corrected chi connectivity index (χ1v) is 6.08. The Hall–Kier alpha value is -2.30. The van der Waals surface area contributed by atoms with Gasteiger partial charge in [0.2, 0.25) is 0 Å². The maximum absolute atomic E-state index is 5.40. The Labute approximate surface area is 112 Å². The lowest BCUT2D eigenvalue weighted by atomic mass is 10.1. The number of methoxy groups -OCH3 is 2. The average Bonchev–Trinajstić information content (AvgIpc) is 2.47. The summed E-state index contributed by atoms with van der Waals surface area (Å²) < 4.78 is 10.7. The molecule has 0 spiro atoms. The van der Waals surface area contributed by atoms with Gasteiger partial charge in [-0.15, -0.1) is 0 Å². The van der Waals surface area contributed by atoms with Gasteiger partial charge in [0.1, 0.15) is 5.82 Å². The lowest BCUT2D eigenvalue weighted by molar-refractivity contribution is 0.356. The molecule has 0 fully saturated rings. The molecule has 0 radical (unpaired) electrons. The van der Waals surface area contributed by atoms with Gasteiger partial charge in [-0.05, 0) is 25.1 Å². The van der Waals surface area contributed by atoms with E-state index < -0.39 is 0 Å². The fraction of sp³-hybridized carbons (Fsp3) is 0.286. The van der Waals surface area contributed by atoms with Crippen molar-refractivity contribution in [1.29, 1.82) is 0 Å². The number of ether oxygens (including phenoxy) is 2. The predicted molar refractivity (Wildman–Crippen MR) is 74.7 cm³/mol. The van der Waals surface area contributed by atoms with Crippen molar-refractivity contribution in [2.45, 2.75) is 6.92 Å². The zero-order valence-electron chi connectivity index (χ0n) is 11.3. The maximum atomic E-state index is 5.40. The molecule has 0 saturated carbocycles. The van der Waals surface area contributed by atoms with Crippen molar-refractivity contribution < 1.29 is 9.47 Å². The minimum Gasteiger partial charge on any atom is -0.493 e. The van der Waals surface area contributed by atoms with Crippen LogP contribution < -0.4 is 14.8 Å². The molecule has 2 aromatic rings. The fourth-order valence-electron chi connectivity index (χ4n) is 1.83. The zero-order chi connectivity index (χ0) is 13.7. The summed E-state index contributed by atoms with van der Waals surface area (Å²) in [6.07, 6.45) is 1.72. The molecule has 1 aromatic heterocycles. The van der Waals surface area contributed by atoms with Crippen molar-refractivity contribution in [1.82, 2.24) is 9.97 Å². The molecule has 0 bridgehead atoms. The van der Waals surface area contributed by atoms with Gasteiger partial charge >= 0.3 is 0 Å². The molecule has 0 aliphatic carbocycles. The number of nitrogens with zero attached hydrogens (tertiary/aromatic N) is 2. The minimum atomic E-state index is 0.606. The van der Waals surface area contributed by atoms with Crippen LogP contribution in [0, 0.1) is 0 Å². The van der Waals surface area contributed by atoms with Gasteiger partial charge in [-0.25, -0.2) is 9.97 Å². The molecule has 1 heterocycles. The molecule has 2 rings (SSSR count). The summed E-state index contributed by atoms with van der Waals surface area (Å²) in [6, 6.07) is 7.47. The summed E-state index contributed by atoms with van der Waals surface area (Å²) in [6.45, 7) is 2.83. The molecule has 0 amide bonds. The van der Waals surface area contributed by atoms with Gasteiger partial charge in [0.15, 0.2) is 17.3 Å². The molecular weight excluding hydrogens is 242 g/mol.